The quantitative estimate of drug-likeness (QED) is 0.750. The lowest BCUT2D eigenvalue weighted by molar-refractivity contribution is -0.143. The molecule has 0 fully saturated rings. The molecule has 0 unspecified atom stereocenters. The summed E-state index contributed by atoms with van der Waals surface area (Å²) in [6.07, 6.45) is 0.0831. The van der Waals surface area contributed by atoms with E-state index in [1.165, 1.54) is 12.1 Å². The number of carbonyl (C=O) groups is 1. The highest BCUT2D eigenvalue weighted by Crippen LogP contribution is 2.23. The van der Waals surface area contributed by atoms with Crippen LogP contribution in [0.2, 0.25) is 5.02 Å². The Hall–Kier alpha value is -1.29. The Morgan fingerprint density at radius 1 is 1.50 bits per heavy atom. The normalized spacial score (nSPS) is 9.94. The molecule has 0 amide bonds. The zero-order chi connectivity index (χ0) is 12.0. The van der Waals surface area contributed by atoms with Crippen LogP contribution >= 0.6 is 11.6 Å². The smallest absolute Gasteiger partial charge is 0.309 e. The number of carbonyl (C=O) groups excluding carboxylic acids is 1. The molecule has 88 valence electrons. The molecular formula is C11H12ClFO3. The molecular weight excluding hydrogens is 235 g/mol. The third-order valence-electron chi connectivity index (χ3n) is 1.79. The lowest BCUT2D eigenvalue weighted by Crippen LogP contribution is -2.10. The molecule has 0 N–H and O–H groups in total. The van der Waals surface area contributed by atoms with Crippen molar-refractivity contribution in [2.24, 2.45) is 0 Å². The van der Waals surface area contributed by atoms with Crippen molar-refractivity contribution in [3.63, 3.8) is 0 Å². The van der Waals surface area contributed by atoms with Gasteiger partial charge in [0.05, 0.1) is 24.7 Å². The van der Waals surface area contributed by atoms with Crippen LogP contribution in [0, 0.1) is 5.82 Å². The summed E-state index contributed by atoms with van der Waals surface area (Å²) in [4.78, 5) is 11.0. The van der Waals surface area contributed by atoms with Crippen LogP contribution in [0.25, 0.3) is 0 Å². The van der Waals surface area contributed by atoms with Crippen molar-refractivity contribution in [3.05, 3.63) is 29.0 Å². The third-order valence-corrected chi connectivity index (χ3v) is 2.08. The maximum absolute atomic E-state index is 13.3. The van der Waals surface area contributed by atoms with Gasteiger partial charge in [0.2, 0.25) is 0 Å². The second kappa shape index (κ2) is 6.33. The first kappa shape index (κ1) is 12.8. The van der Waals surface area contributed by atoms with Crippen LogP contribution in [-0.2, 0) is 9.53 Å². The fraction of sp³-hybridized carbons (Fsp3) is 0.364. The molecule has 1 aromatic carbocycles. The topological polar surface area (TPSA) is 35.5 Å². The van der Waals surface area contributed by atoms with E-state index in [1.54, 1.807) is 13.0 Å². The molecule has 5 heteroatoms. The van der Waals surface area contributed by atoms with Crippen molar-refractivity contribution in [2.45, 2.75) is 13.3 Å². The molecule has 0 aliphatic heterocycles. The first-order valence-electron chi connectivity index (χ1n) is 4.87. The standard InChI is InChI=1S/C11H12ClFO3/c1-2-15-10(14)6-7-16-9-5-3-4-8(12)11(9)13/h3-5H,2,6-7H2,1H3. The molecule has 3 nitrogen and oxygen atoms in total. The Bertz CT molecular complexity index is 368. The number of ether oxygens (including phenoxy) is 2. The lowest BCUT2D eigenvalue weighted by Gasteiger charge is -2.07. The van der Waals surface area contributed by atoms with Gasteiger partial charge in [0.25, 0.3) is 0 Å². The Morgan fingerprint density at radius 2 is 2.25 bits per heavy atom. The molecule has 16 heavy (non-hydrogen) atoms. The number of hydrogen-bond donors (Lipinski definition) is 0. The van der Waals surface area contributed by atoms with Gasteiger partial charge in [0, 0.05) is 0 Å². The van der Waals surface area contributed by atoms with E-state index in [-0.39, 0.29) is 29.8 Å². The summed E-state index contributed by atoms with van der Waals surface area (Å²) in [5.74, 6) is -0.949. The van der Waals surface area contributed by atoms with E-state index in [4.69, 9.17) is 21.1 Å². The molecule has 0 atom stereocenters. The molecule has 0 bridgehead atoms. The van der Waals surface area contributed by atoms with Crippen LogP contribution in [0.1, 0.15) is 13.3 Å². The van der Waals surface area contributed by atoms with Gasteiger partial charge >= 0.3 is 5.97 Å². The lowest BCUT2D eigenvalue weighted by atomic mass is 10.3. The number of benzene rings is 1. The SMILES string of the molecule is CCOC(=O)CCOc1cccc(Cl)c1F. The Morgan fingerprint density at radius 3 is 2.94 bits per heavy atom. The predicted molar refractivity (Wildman–Crippen MR) is 58.2 cm³/mol. The average molecular weight is 247 g/mol. The molecule has 0 aromatic heterocycles. The summed E-state index contributed by atoms with van der Waals surface area (Å²) in [5, 5.41) is -0.00589. The van der Waals surface area contributed by atoms with E-state index in [1.807, 2.05) is 0 Å². The highest BCUT2D eigenvalue weighted by molar-refractivity contribution is 6.30. The predicted octanol–water partition coefficient (Wildman–Crippen LogP) is 2.81. The van der Waals surface area contributed by atoms with Gasteiger partial charge in [0.1, 0.15) is 0 Å². The van der Waals surface area contributed by atoms with Crippen molar-refractivity contribution < 1.29 is 18.7 Å². The molecule has 0 saturated carbocycles. The van der Waals surface area contributed by atoms with E-state index >= 15 is 0 Å². The van der Waals surface area contributed by atoms with Gasteiger partial charge < -0.3 is 9.47 Å². The first-order chi connectivity index (χ1) is 7.65. The van der Waals surface area contributed by atoms with E-state index < -0.39 is 5.82 Å². The first-order valence-corrected chi connectivity index (χ1v) is 5.25. The van der Waals surface area contributed by atoms with Crippen molar-refractivity contribution in [1.82, 2.24) is 0 Å². The highest BCUT2D eigenvalue weighted by Gasteiger charge is 2.08. The Labute approximate surface area is 98.1 Å². The second-order valence-corrected chi connectivity index (χ2v) is 3.36. The van der Waals surface area contributed by atoms with Crippen LogP contribution in [0.4, 0.5) is 4.39 Å². The fourth-order valence-electron chi connectivity index (χ4n) is 1.07. The van der Waals surface area contributed by atoms with E-state index in [0.29, 0.717) is 6.61 Å². The van der Waals surface area contributed by atoms with Crippen LogP contribution in [0.3, 0.4) is 0 Å². The molecule has 1 rings (SSSR count). The van der Waals surface area contributed by atoms with Crippen molar-refractivity contribution >= 4 is 17.6 Å². The number of hydrogen-bond acceptors (Lipinski definition) is 3. The van der Waals surface area contributed by atoms with E-state index in [0.717, 1.165) is 0 Å². The van der Waals surface area contributed by atoms with Crippen LogP contribution in [-0.4, -0.2) is 19.2 Å². The Kier molecular flexibility index (Phi) is 5.05. The van der Waals surface area contributed by atoms with Gasteiger partial charge in [-0.25, -0.2) is 4.39 Å². The summed E-state index contributed by atoms with van der Waals surface area (Å²) < 4.78 is 23.1. The summed E-state index contributed by atoms with van der Waals surface area (Å²) >= 11 is 5.56. The zero-order valence-electron chi connectivity index (χ0n) is 8.83. The zero-order valence-corrected chi connectivity index (χ0v) is 9.59. The van der Waals surface area contributed by atoms with Gasteiger partial charge in [-0.3, -0.25) is 4.79 Å². The average Bonchev–Trinajstić information content (AvgIpc) is 2.25. The maximum atomic E-state index is 13.3. The number of rotatable bonds is 5. The van der Waals surface area contributed by atoms with Crippen LogP contribution in [0.15, 0.2) is 18.2 Å². The van der Waals surface area contributed by atoms with Crippen LogP contribution in [0.5, 0.6) is 5.75 Å². The second-order valence-electron chi connectivity index (χ2n) is 2.96. The Balaban J connectivity index is 2.43. The number of esters is 1. The van der Waals surface area contributed by atoms with E-state index in [9.17, 15) is 9.18 Å². The minimum atomic E-state index is -0.618. The van der Waals surface area contributed by atoms with Gasteiger partial charge in [-0.1, -0.05) is 17.7 Å². The third kappa shape index (κ3) is 3.70. The molecule has 0 radical (unpaired) electrons. The van der Waals surface area contributed by atoms with Crippen molar-refractivity contribution in [3.8, 4) is 5.75 Å². The fourth-order valence-corrected chi connectivity index (χ4v) is 1.24. The molecule has 0 heterocycles. The number of halogens is 2. The van der Waals surface area contributed by atoms with Crippen LogP contribution < -0.4 is 4.74 Å². The minimum Gasteiger partial charge on any atom is -0.490 e. The monoisotopic (exact) mass is 246 g/mol. The van der Waals surface area contributed by atoms with Gasteiger partial charge in [-0.05, 0) is 19.1 Å². The van der Waals surface area contributed by atoms with Gasteiger partial charge in [-0.15, -0.1) is 0 Å². The largest absolute Gasteiger partial charge is 0.490 e. The van der Waals surface area contributed by atoms with Crippen molar-refractivity contribution in [2.75, 3.05) is 13.2 Å². The van der Waals surface area contributed by atoms with Crippen molar-refractivity contribution in [1.29, 1.82) is 0 Å². The molecule has 0 aliphatic carbocycles. The maximum Gasteiger partial charge on any atom is 0.309 e. The highest BCUT2D eigenvalue weighted by atomic mass is 35.5. The van der Waals surface area contributed by atoms with Gasteiger partial charge in [-0.2, -0.15) is 0 Å². The van der Waals surface area contributed by atoms with Gasteiger partial charge in [0.15, 0.2) is 11.6 Å². The molecule has 1 aromatic rings. The molecule has 0 saturated heterocycles. The minimum absolute atomic E-state index is 0.00589. The van der Waals surface area contributed by atoms with E-state index in [2.05, 4.69) is 0 Å². The summed E-state index contributed by atoms with van der Waals surface area (Å²) in [6, 6.07) is 4.45. The summed E-state index contributed by atoms with van der Waals surface area (Å²) in [5.41, 5.74) is 0. The summed E-state index contributed by atoms with van der Waals surface area (Å²) in [7, 11) is 0. The summed E-state index contributed by atoms with van der Waals surface area (Å²) in [6.45, 7) is 2.11. The molecule has 0 spiro atoms. The molecule has 0 aliphatic rings.